The van der Waals surface area contributed by atoms with Crippen LogP contribution >= 0.6 is 11.3 Å². The summed E-state index contributed by atoms with van der Waals surface area (Å²) in [5.74, 6) is 1.53. The highest BCUT2D eigenvalue weighted by atomic mass is 32.1. The largest absolute Gasteiger partial charge is 0.461 e. The van der Waals surface area contributed by atoms with Gasteiger partial charge in [0.15, 0.2) is 5.76 Å². The number of thiazole rings is 1. The summed E-state index contributed by atoms with van der Waals surface area (Å²) < 4.78 is 11.7. The lowest BCUT2D eigenvalue weighted by molar-refractivity contribution is -0.133. The maximum atomic E-state index is 12.7. The van der Waals surface area contributed by atoms with Crippen LogP contribution in [0.25, 0.3) is 21.8 Å². The lowest BCUT2D eigenvalue weighted by atomic mass is 10.2. The van der Waals surface area contributed by atoms with Crippen molar-refractivity contribution in [3.8, 4) is 11.6 Å². The van der Waals surface area contributed by atoms with Crippen LogP contribution in [0.2, 0.25) is 0 Å². The third kappa shape index (κ3) is 4.24. The average molecular weight is 438 g/mol. The van der Waals surface area contributed by atoms with Crippen molar-refractivity contribution < 1.29 is 13.7 Å². The maximum absolute atomic E-state index is 12.7. The van der Waals surface area contributed by atoms with Gasteiger partial charge < -0.3 is 13.8 Å². The lowest BCUT2D eigenvalue weighted by Gasteiger charge is -2.37. The molecule has 3 aromatic heterocycles. The predicted octanol–water partition coefficient (Wildman–Crippen LogP) is 3.78. The van der Waals surface area contributed by atoms with Gasteiger partial charge in [-0.1, -0.05) is 17.3 Å². The Morgan fingerprint density at radius 3 is 2.74 bits per heavy atom. The third-order valence-electron chi connectivity index (χ3n) is 5.64. The number of rotatable bonds is 6. The molecule has 9 heteroatoms. The molecule has 1 aliphatic rings. The fourth-order valence-corrected chi connectivity index (χ4v) is 4.87. The molecule has 0 saturated carbocycles. The number of piperazine rings is 1. The Morgan fingerprint density at radius 1 is 1.13 bits per heavy atom. The molecule has 31 heavy (non-hydrogen) atoms. The molecule has 1 saturated heterocycles. The summed E-state index contributed by atoms with van der Waals surface area (Å²) in [5, 5.41) is 5.04. The van der Waals surface area contributed by atoms with E-state index in [1.165, 1.54) is 4.70 Å². The molecule has 0 N–H and O–H groups in total. The molecule has 0 unspecified atom stereocenters. The molecule has 0 bridgehead atoms. The molecule has 4 heterocycles. The molecule has 1 fully saturated rings. The van der Waals surface area contributed by atoms with E-state index in [4.69, 9.17) is 13.9 Å². The van der Waals surface area contributed by atoms with E-state index in [0.717, 1.165) is 36.7 Å². The molecule has 1 amide bonds. The zero-order valence-electron chi connectivity index (χ0n) is 17.2. The fourth-order valence-electron chi connectivity index (χ4n) is 3.82. The first-order valence-electron chi connectivity index (χ1n) is 10.4. The molecular weight excluding hydrogens is 414 g/mol. The topological polar surface area (TPSA) is 88.5 Å². The number of nitrogens with zero attached hydrogens (tertiary/aromatic N) is 5. The Kier molecular flexibility index (Phi) is 5.52. The zero-order valence-corrected chi connectivity index (χ0v) is 18.0. The second-order valence-corrected chi connectivity index (χ2v) is 8.66. The van der Waals surface area contributed by atoms with Crippen LogP contribution in [0.5, 0.6) is 0 Å². The molecule has 1 atom stereocenters. The summed E-state index contributed by atoms with van der Waals surface area (Å²) in [6, 6.07) is 12.0. The number of aromatic nitrogens is 3. The molecule has 0 aliphatic carbocycles. The first-order valence-corrected chi connectivity index (χ1v) is 11.2. The van der Waals surface area contributed by atoms with Crippen LogP contribution < -0.4 is 0 Å². The number of carbonyl (C=O) groups is 1. The van der Waals surface area contributed by atoms with Gasteiger partial charge in [0, 0.05) is 39.0 Å². The summed E-state index contributed by atoms with van der Waals surface area (Å²) in [6.07, 6.45) is 2.34. The van der Waals surface area contributed by atoms with Gasteiger partial charge in [-0.05, 0) is 31.2 Å². The van der Waals surface area contributed by atoms with E-state index >= 15 is 0 Å². The molecule has 0 spiro atoms. The fraction of sp³-hybridized carbons (Fsp3) is 0.364. The molecule has 4 aromatic rings. The standard InChI is InChI=1S/C22H23N5O3S/c1-15(22-23-16-5-2-3-7-18(16)31-22)26-10-12-27(13-11-26)20(28)9-8-19-24-21(25-30-19)17-6-4-14-29-17/h2-7,14-15H,8-13H2,1H3/t15-/m1/s1. The number of carbonyl (C=O) groups excluding carboxylic acids is 1. The van der Waals surface area contributed by atoms with Crippen LogP contribution in [0, 0.1) is 0 Å². The van der Waals surface area contributed by atoms with Gasteiger partial charge in [-0.2, -0.15) is 4.98 Å². The van der Waals surface area contributed by atoms with E-state index in [9.17, 15) is 4.79 Å². The van der Waals surface area contributed by atoms with Crippen molar-refractivity contribution in [3.63, 3.8) is 0 Å². The summed E-state index contributed by atoms with van der Waals surface area (Å²) in [5.41, 5.74) is 1.05. The Morgan fingerprint density at radius 2 is 1.97 bits per heavy atom. The van der Waals surface area contributed by atoms with Crippen molar-refractivity contribution in [2.24, 2.45) is 0 Å². The number of amides is 1. The number of para-hydroxylation sites is 1. The maximum Gasteiger partial charge on any atom is 0.238 e. The van der Waals surface area contributed by atoms with E-state index in [0.29, 0.717) is 30.3 Å². The van der Waals surface area contributed by atoms with Gasteiger partial charge in [-0.3, -0.25) is 9.69 Å². The normalized spacial score (nSPS) is 16.1. The third-order valence-corrected chi connectivity index (χ3v) is 6.85. The number of aryl methyl sites for hydroxylation is 1. The number of furan rings is 1. The van der Waals surface area contributed by atoms with Crippen LogP contribution in [-0.2, 0) is 11.2 Å². The molecule has 0 radical (unpaired) electrons. The molecular formula is C22H23N5O3S. The predicted molar refractivity (Wildman–Crippen MR) is 117 cm³/mol. The van der Waals surface area contributed by atoms with Crippen LogP contribution in [0.4, 0.5) is 0 Å². The Bertz CT molecular complexity index is 1130. The van der Waals surface area contributed by atoms with Crippen molar-refractivity contribution >= 4 is 27.5 Å². The first-order chi connectivity index (χ1) is 15.2. The number of fused-ring (bicyclic) bond motifs is 1. The highest BCUT2D eigenvalue weighted by molar-refractivity contribution is 7.18. The van der Waals surface area contributed by atoms with Crippen molar-refractivity contribution in [3.05, 3.63) is 53.6 Å². The Hall–Kier alpha value is -3.04. The smallest absolute Gasteiger partial charge is 0.238 e. The van der Waals surface area contributed by atoms with Crippen LogP contribution in [0.1, 0.15) is 30.3 Å². The van der Waals surface area contributed by atoms with E-state index in [2.05, 4.69) is 34.1 Å². The lowest BCUT2D eigenvalue weighted by Crippen LogP contribution is -2.49. The summed E-state index contributed by atoms with van der Waals surface area (Å²) >= 11 is 1.75. The second-order valence-electron chi connectivity index (χ2n) is 7.60. The number of hydrogen-bond acceptors (Lipinski definition) is 8. The van der Waals surface area contributed by atoms with Gasteiger partial charge in [0.05, 0.1) is 22.5 Å². The molecule has 1 aromatic carbocycles. The zero-order chi connectivity index (χ0) is 21.2. The average Bonchev–Trinajstić information content (AvgIpc) is 3.57. The van der Waals surface area contributed by atoms with Gasteiger partial charge in [-0.25, -0.2) is 4.98 Å². The molecule has 1 aliphatic heterocycles. The van der Waals surface area contributed by atoms with Crippen LogP contribution in [0.15, 0.2) is 51.6 Å². The van der Waals surface area contributed by atoms with Crippen LogP contribution in [0.3, 0.4) is 0 Å². The highest BCUT2D eigenvalue weighted by Gasteiger charge is 2.26. The van der Waals surface area contributed by atoms with Gasteiger partial charge >= 0.3 is 0 Å². The van der Waals surface area contributed by atoms with E-state index in [-0.39, 0.29) is 11.9 Å². The molecule has 5 rings (SSSR count). The van der Waals surface area contributed by atoms with Crippen molar-refractivity contribution in [2.75, 3.05) is 26.2 Å². The summed E-state index contributed by atoms with van der Waals surface area (Å²) in [6.45, 7) is 5.31. The molecule has 8 nitrogen and oxygen atoms in total. The van der Waals surface area contributed by atoms with Gasteiger partial charge in [-0.15, -0.1) is 11.3 Å². The Balaban J connectivity index is 1.13. The quantitative estimate of drug-likeness (QED) is 0.454. The second kappa shape index (κ2) is 8.60. The number of hydrogen-bond donors (Lipinski definition) is 0. The number of benzene rings is 1. The van der Waals surface area contributed by atoms with Crippen molar-refractivity contribution in [1.29, 1.82) is 0 Å². The van der Waals surface area contributed by atoms with Gasteiger partial charge in [0.25, 0.3) is 0 Å². The van der Waals surface area contributed by atoms with Gasteiger partial charge in [0.2, 0.25) is 17.6 Å². The minimum atomic E-state index is 0.116. The molecule has 160 valence electrons. The van der Waals surface area contributed by atoms with Gasteiger partial charge in [0.1, 0.15) is 5.01 Å². The SMILES string of the molecule is C[C@H](c1nc2ccccc2s1)N1CCN(C(=O)CCc2nc(-c3ccco3)no2)CC1. The summed E-state index contributed by atoms with van der Waals surface area (Å²) in [4.78, 5) is 26.1. The van der Waals surface area contributed by atoms with E-state index in [1.54, 1.807) is 29.7 Å². The first kappa shape index (κ1) is 19.9. The minimum Gasteiger partial charge on any atom is -0.461 e. The van der Waals surface area contributed by atoms with Crippen molar-refractivity contribution in [2.45, 2.75) is 25.8 Å². The minimum absolute atomic E-state index is 0.116. The Labute approximate surface area is 183 Å². The summed E-state index contributed by atoms with van der Waals surface area (Å²) in [7, 11) is 0. The van der Waals surface area contributed by atoms with E-state index < -0.39 is 0 Å². The monoisotopic (exact) mass is 437 g/mol. The highest BCUT2D eigenvalue weighted by Crippen LogP contribution is 2.30. The van der Waals surface area contributed by atoms with Crippen molar-refractivity contribution in [1.82, 2.24) is 24.9 Å². The van der Waals surface area contributed by atoms with Crippen LogP contribution in [-0.4, -0.2) is 57.0 Å². The van der Waals surface area contributed by atoms with E-state index in [1.807, 2.05) is 17.0 Å².